The number of nitrogens with zero attached hydrogens (tertiary/aromatic N) is 2. The van der Waals surface area contributed by atoms with Crippen molar-refractivity contribution in [1.29, 1.82) is 0 Å². The first-order chi connectivity index (χ1) is 13.7. The summed E-state index contributed by atoms with van der Waals surface area (Å²) in [6, 6.07) is 10.2. The highest BCUT2D eigenvalue weighted by molar-refractivity contribution is 7.90. The standard InChI is InChI=1S/C21H18Cl2N2O3S/c1-13-24-21-19(23)7-4-8-20(21)25(13)15-5-3-6-16(11-15)28-17-9-14(22)10-18(12-17)29(2,26)27/h3-4,6-12,15H,5H2,1-2H3. The number of hydrogen-bond acceptors (Lipinski definition) is 4. The Hall–Kier alpha value is -2.28. The van der Waals surface area contributed by atoms with Gasteiger partial charge in [-0.2, -0.15) is 0 Å². The predicted molar refractivity (Wildman–Crippen MR) is 116 cm³/mol. The molecule has 3 aromatic rings. The lowest BCUT2D eigenvalue weighted by atomic mass is 10.1. The quantitative estimate of drug-likeness (QED) is 0.526. The molecular formula is C21H18Cl2N2O3S. The van der Waals surface area contributed by atoms with Gasteiger partial charge in [-0.1, -0.05) is 35.3 Å². The van der Waals surface area contributed by atoms with Crippen molar-refractivity contribution < 1.29 is 13.2 Å². The van der Waals surface area contributed by atoms with Gasteiger partial charge < -0.3 is 9.30 Å². The maximum atomic E-state index is 11.9. The van der Waals surface area contributed by atoms with E-state index < -0.39 is 9.84 Å². The second kappa shape index (κ2) is 7.52. The van der Waals surface area contributed by atoms with Crippen LogP contribution in [0.3, 0.4) is 0 Å². The summed E-state index contributed by atoms with van der Waals surface area (Å²) in [7, 11) is -3.40. The van der Waals surface area contributed by atoms with Gasteiger partial charge in [0, 0.05) is 11.3 Å². The molecule has 0 N–H and O–H groups in total. The third-order valence-corrected chi connectivity index (χ3v) is 6.32. The average molecular weight is 449 g/mol. The van der Waals surface area contributed by atoms with Crippen LogP contribution in [0.4, 0.5) is 0 Å². The summed E-state index contributed by atoms with van der Waals surface area (Å²) >= 11 is 12.4. The van der Waals surface area contributed by atoms with E-state index in [1.807, 2.05) is 43.4 Å². The zero-order valence-electron chi connectivity index (χ0n) is 15.8. The predicted octanol–water partition coefficient (Wildman–Crippen LogP) is 5.52. The van der Waals surface area contributed by atoms with E-state index in [1.54, 1.807) is 6.07 Å². The minimum absolute atomic E-state index is 0.00738. The molecule has 0 bridgehead atoms. The molecule has 1 aliphatic carbocycles. The molecule has 29 heavy (non-hydrogen) atoms. The molecular weight excluding hydrogens is 431 g/mol. The molecule has 0 saturated carbocycles. The van der Waals surface area contributed by atoms with Crippen LogP contribution in [0.25, 0.3) is 11.0 Å². The third-order valence-electron chi connectivity index (χ3n) is 4.70. The second-order valence-corrected chi connectivity index (χ2v) is 9.77. The third kappa shape index (κ3) is 4.06. The first-order valence-corrected chi connectivity index (χ1v) is 11.6. The van der Waals surface area contributed by atoms with Crippen molar-refractivity contribution >= 4 is 44.1 Å². The van der Waals surface area contributed by atoms with Gasteiger partial charge in [-0.25, -0.2) is 13.4 Å². The lowest BCUT2D eigenvalue weighted by Gasteiger charge is -2.21. The highest BCUT2D eigenvalue weighted by Crippen LogP contribution is 2.32. The summed E-state index contributed by atoms with van der Waals surface area (Å²) in [4.78, 5) is 4.71. The molecule has 1 heterocycles. The summed E-state index contributed by atoms with van der Waals surface area (Å²) in [6.07, 6.45) is 7.76. The maximum Gasteiger partial charge on any atom is 0.175 e. The molecule has 2 aromatic carbocycles. The van der Waals surface area contributed by atoms with E-state index in [9.17, 15) is 8.42 Å². The van der Waals surface area contributed by atoms with Crippen LogP contribution in [-0.4, -0.2) is 24.2 Å². The van der Waals surface area contributed by atoms with Crippen molar-refractivity contribution in [2.24, 2.45) is 0 Å². The van der Waals surface area contributed by atoms with Crippen LogP contribution in [0.2, 0.25) is 10.0 Å². The molecule has 0 fully saturated rings. The second-order valence-electron chi connectivity index (χ2n) is 6.91. The number of imidazole rings is 1. The maximum absolute atomic E-state index is 11.9. The topological polar surface area (TPSA) is 61.2 Å². The summed E-state index contributed by atoms with van der Waals surface area (Å²) < 4.78 is 31.8. The lowest BCUT2D eigenvalue weighted by molar-refractivity contribution is 0.427. The molecule has 0 aliphatic heterocycles. The summed E-state index contributed by atoms with van der Waals surface area (Å²) in [5.74, 6) is 1.82. The van der Waals surface area contributed by atoms with Crippen molar-refractivity contribution in [3.63, 3.8) is 0 Å². The van der Waals surface area contributed by atoms with Gasteiger partial charge in [0.05, 0.1) is 21.5 Å². The van der Waals surface area contributed by atoms with E-state index in [1.165, 1.54) is 12.1 Å². The Morgan fingerprint density at radius 2 is 2.00 bits per heavy atom. The molecule has 4 rings (SSSR count). The van der Waals surface area contributed by atoms with Crippen LogP contribution in [0.15, 0.2) is 65.3 Å². The fraction of sp³-hybridized carbons (Fsp3) is 0.190. The SMILES string of the molecule is Cc1nc2c(Cl)cccc2n1C1C=C(Oc2cc(Cl)cc(S(C)(=O)=O)c2)C=CC1. The van der Waals surface area contributed by atoms with E-state index in [4.69, 9.17) is 27.9 Å². The molecule has 0 saturated heterocycles. The smallest absolute Gasteiger partial charge is 0.175 e. The van der Waals surface area contributed by atoms with Crippen LogP contribution >= 0.6 is 23.2 Å². The molecule has 0 amide bonds. The van der Waals surface area contributed by atoms with Crippen LogP contribution in [-0.2, 0) is 9.84 Å². The Labute approximate surface area is 179 Å². The first-order valence-electron chi connectivity index (χ1n) is 8.92. The van der Waals surface area contributed by atoms with Crippen LogP contribution < -0.4 is 4.74 Å². The van der Waals surface area contributed by atoms with Gasteiger partial charge in [0.25, 0.3) is 0 Å². The molecule has 1 aliphatic rings. The molecule has 1 aromatic heterocycles. The van der Waals surface area contributed by atoms with Crippen molar-refractivity contribution in [3.05, 3.63) is 76.3 Å². The van der Waals surface area contributed by atoms with Gasteiger partial charge in [0.1, 0.15) is 22.8 Å². The zero-order chi connectivity index (χ0) is 20.8. The molecule has 150 valence electrons. The van der Waals surface area contributed by atoms with E-state index >= 15 is 0 Å². The normalized spacial score (nSPS) is 16.8. The molecule has 1 unspecified atom stereocenters. The highest BCUT2D eigenvalue weighted by atomic mass is 35.5. The number of allylic oxidation sites excluding steroid dienone is 3. The van der Waals surface area contributed by atoms with Crippen molar-refractivity contribution in [2.75, 3.05) is 6.26 Å². The number of hydrogen-bond donors (Lipinski definition) is 0. The van der Waals surface area contributed by atoms with Gasteiger partial charge in [-0.3, -0.25) is 0 Å². The molecule has 0 radical (unpaired) electrons. The number of fused-ring (bicyclic) bond motifs is 1. The van der Waals surface area contributed by atoms with Crippen LogP contribution in [0.5, 0.6) is 5.75 Å². The molecule has 0 spiro atoms. The van der Waals surface area contributed by atoms with Crippen LogP contribution in [0.1, 0.15) is 18.3 Å². The number of benzene rings is 2. The minimum atomic E-state index is -3.40. The zero-order valence-corrected chi connectivity index (χ0v) is 18.1. The first kappa shape index (κ1) is 20.0. The minimum Gasteiger partial charge on any atom is -0.458 e. The van der Waals surface area contributed by atoms with Crippen molar-refractivity contribution in [1.82, 2.24) is 9.55 Å². The Morgan fingerprint density at radius 3 is 2.76 bits per heavy atom. The van der Waals surface area contributed by atoms with Gasteiger partial charge >= 0.3 is 0 Å². The van der Waals surface area contributed by atoms with Crippen molar-refractivity contribution in [3.8, 4) is 5.75 Å². The molecule has 8 heteroatoms. The Balaban J connectivity index is 1.70. The van der Waals surface area contributed by atoms with E-state index in [-0.39, 0.29) is 10.9 Å². The summed E-state index contributed by atoms with van der Waals surface area (Å²) in [6.45, 7) is 1.94. The van der Waals surface area contributed by atoms with E-state index in [0.717, 1.165) is 29.5 Å². The van der Waals surface area contributed by atoms with E-state index in [0.29, 0.717) is 21.6 Å². The monoisotopic (exact) mass is 448 g/mol. The number of sulfone groups is 1. The number of aromatic nitrogens is 2. The number of para-hydroxylation sites is 1. The number of ether oxygens (including phenoxy) is 1. The number of rotatable bonds is 4. The van der Waals surface area contributed by atoms with Crippen molar-refractivity contribution in [2.45, 2.75) is 24.3 Å². The van der Waals surface area contributed by atoms with Gasteiger partial charge in [0.15, 0.2) is 9.84 Å². The van der Waals surface area contributed by atoms with Gasteiger partial charge in [-0.15, -0.1) is 0 Å². The Morgan fingerprint density at radius 1 is 1.21 bits per heavy atom. The molecule has 5 nitrogen and oxygen atoms in total. The number of aryl methyl sites for hydroxylation is 1. The van der Waals surface area contributed by atoms with Gasteiger partial charge in [-0.05, 0) is 55.8 Å². The lowest BCUT2D eigenvalue weighted by Crippen LogP contribution is -2.12. The molecule has 1 atom stereocenters. The fourth-order valence-corrected chi connectivity index (χ4v) is 4.62. The average Bonchev–Trinajstić information content (AvgIpc) is 2.98. The Bertz CT molecular complexity index is 1280. The largest absolute Gasteiger partial charge is 0.458 e. The van der Waals surface area contributed by atoms with Gasteiger partial charge in [0.2, 0.25) is 0 Å². The van der Waals surface area contributed by atoms with E-state index in [2.05, 4.69) is 9.55 Å². The number of halogens is 2. The summed E-state index contributed by atoms with van der Waals surface area (Å²) in [5.41, 5.74) is 1.72. The highest BCUT2D eigenvalue weighted by Gasteiger charge is 2.19. The fourth-order valence-electron chi connectivity index (χ4n) is 3.45. The summed E-state index contributed by atoms with van der Waals surface area (Å²) in [5, 5.41) is 0.911. The Kier molecular flexibility index (Phi) is 5.19. The van der Waals surface area contributed by atoms with Crippen LogP contribution in [0, 0.1) is 6.92 Å².